The largest absolute Gasteiger partial charge is 0.394 e. The van der Waals surface area contributed by atoms with Gasteiger partial charge in [0.15, 0.2) is 0 Å². The number of benzene rings is 1. The van der Waals surface area contributed by atoms with Crippen LogP contribution in [0.15, 0.2) is 29.2 Å². The Balaban J connectivity index is 0. The maximum Gasteiger partial charge on any atom is 0.297 e. The lowest BCUT2D eigenvalue weighted by atomic mass is 9.87. The number of methoxy groups -OCH3 is 3. The van der Waals surface area contributed by atoms with E-state index in [9.17, 15) is 8.42 Å². The number of aliphatic hydroxyl groups excluding tert-OH is 1. The van der Waals surface area contributed by atoms with Gasteiger partial charge in [-0.15, -0.1) is 23.2 Å². The second-order valence-electron chi connectivity index (χ2n) is 9.64. The molecule has 0 saturated heterocycles. The molecule has 0 atom stereocenters. The van der Waals surface area contributed by atoms with Gasteiger partial charge in [0.25, 0.3) is 10.1 Å². The first kappa shape index (κ1) is 45.5. The molecule has 11 nitrogen and oxygen atoms in total. The molecule has 2 N–H and O–H groups in total. The van der Waals surface area contributed by atoms with Crippen LogP contribution in [0.2, 0.25) is 0 Å². The molecule has 0 aromatic heterocycles. The van der Waals surface area contributed by atoms with Gasteiger partial charge in [-0.25, -0.2) is 0 Å². The van der Waals surface area contributed by atoms with Crippen molar-refractivity contribution in [2.24, 2.45) is 5.92 Å². The lowest BCUT2D eigenvalue weighted by Crippen LogP contribution is -2.35. The fourth-order valence-electron chi connectivity index (χ4n) is 3.57. The summed E-state index contributed by atoms with van der Waals surface area (Å²) < 4.78 is 58.0. The first-order chi connectivity index (χ1) is 21.2. The van der Waals surface area contributed by atoms with Crippen LogP contribution in [0.25, 0.3) is 0 Å². The maximum absolute atomic E-state index is 11.7. The summed E-state index contributed by atoms with van der Waals surface area (Å²) in [6, 6.07) is 7.23. The smallest absolute Gasteiger partial charge is 0.297 e. The van der Waals surface area contributed by atoms with E-state index in [1.165, 1.54) is 37.8 Å². The Labute approximate surface area is 276 Å². The van der Waals surface area contributed by atoms with Gasteiger partial charge < -0.3 is 38.8 Å². The Bertz CT molecular complexity index is 809. The molecule has 0 aliphatic heterocycles. The summed E-state index contributed by atoms with van der Waals surface area (Å²) in [5.41, 5.74) is 0.997. The Morgan fingerprint density at radius 3 is 1.68 bits per heavy atom. The summed E-state index contributed by atoms with van der Waals surface area (Å²) in [7, 11) is 1.20. The van der Waals surface area contributed by atoms with Gasteiger partial charge in [-0.05, 0) is 50.7 Å². The lowest BCUT2D eigenvalue weighted by Gasteiger charge is -2.26. The van der Waals surface area contributed by atoms with Gasteiger partial charge in [-0.2, -0.15) is 8.42 Å². The molecule has 1 aromatic rings. The van der Waals surface area contributed by atoms with E-state index in [-0.39, 0.29) is 30.1 Å². The van der Waals surface area contributed by atoms with E-state index in [0.717, 1.165) is 30.7 Å². The molecule has 14 heteroatoms. The van der Waals surface area contributed by atoms with Crippen molar-refractivity contribution in [1.82, 2.24) is 5.32 Å². The summed E-state index contributed by atoms with van der Waals surface area (Å²) in [5, 5.41) is 11.9. The number of alkyl halides is 2. The highest BCUT2D eigenvalue weighted by Crippen LogP contribution is 2.23. The van der Waals surface area contributed by atoms with E-state index in [1.54, 1.807) is 33.5 Å². The van der Waals surface area contributed by atoms with Gasteiger partial charge in [0, 0.05) is 33.9 Å². The Hall–Kier alpha value is -0.610. The fraction of sp³-hybridized carbons (Fsp3) is 0.800. The van der Waals surface area contributed by atoms with Crippen molar-refractivity contribution in [3.05, 3.63) is 29.8 Å². The molecule has 0 bridgehead atoms. The topological polar surface area (TPSA) is 131 Å². The van der Waals surface area contributed by atoms with Crippen LogP contribution in [0.3, 0.4) is 0 Å². The predicted octanol–water partition coefficient (Wildman–Crippen LogP) is 4.24. The van der Waals surface area contributed by atoms with Crippen LogP contribution in [-0.2, 0) is 42.7 Å². The Morgan fingerprint density at radius 1 is 0.750 bits per heavy atom. The molecule has 0 heterocycles. The third kappa shape index (κ3) is 30.1. The van der Waals surface area contributed by atoms with Crippen LogP contribution in [0.5, 0.6) is 0 Å². The van der Waals surface area contributed by atoms with Gasteiger partial charge in [0.2, 0.25) is 0 Å². The third-order valence-electron chi connectivity index (χ3n) is 6.00. The highest BCUT2D eigenvalue weighted by Gasteiger charge is 2.17. The van der Waals surface area contributed by atoms with Crippen molar-refractivity contribution in [3.8, 4) is 0 Å². The van der Waals surface area contributed by atoms with E-state index < -0.39 is 10.1 Å². The minimum Gasteiger partial charge on any atom is -0.394 e. The molecule has 1 aliphatic carbocycles. The highest BCUT2D eigenvalue weighted by molar-refractivity contribution is 7.86. The van der Waals surface area contributed by atoms with E-state index in [2.05, 4.69) is 17.0 Å². The predicted molar refractivity (Wildman–Crippen MR) is 175 cm³/mol. The van der Waals surface area contributed by atoms with Gasteiger partial charge in [-0.1, -0.05) is 24.6 Å². The van der Waals surface area contributed by atoms with E-state index in [1.807, 2.05) is 6.92 Å². The first-order valence-corrected chi connectivity index (χ1v) is 17.3. The zero-order valence-corrected chi connectivity index (χ0v) is 29.6. The molecule has 1 aromatic carbocycles. The molecule has 0 spiro atoms. The number of halogens is 2. The molecule has 0 amide bonds. The third-order valence-corrected chi connectivity index (χ3v) is 7.33. The van der Waals surface area contributed by atoms with Gasteiger partial charge in [0.1, 0.15) is 0 Å². The monoisotopic (exact) mass is 693 g/mol. The number of aryl methyl sites for hydroxylation is 1. The number of ether oxygens (including phenoxy) is 6. The average Bonchev–Trinajstić information content (AvgIpc) is 3.01. The van der Waals surface area contributed by atoms with Crippen LogP contribution < -0.4 is 5.32 Å². The molecule has 0 radical (unpaired) electrons. The number of aliphatic hydroxyl groups is 1. The van der Waals surface area contributed by atoms with E-state index >= 15 is 0 Å². The highest BCUT2D eigenvalue weighted by atomic mass is 35.5. The van der Waals surface area contributed by atoms with Crippen molar-refractivity contribution >= 4 is 33.3 Å². The standard InChI is InChI=1S/C12H25NO2.C12H18O5S.C5H12O3.CH2Cl2/c1-11-3-5-12(6-4-11)13-7-8-15-10-9-14-2;1-11-3-5-12(6-4-11)18(13,14)17-10-9-16-8-7-15-2;1-7-4-5-8-3-2-6;2-1-3/h11-13H,3-10H2,1-2H3;3-6H,7-10H2,1-2H3;6H,2-5H2,1H3;1H2. The maximum atomic E-state index is 11.7. The van der Waals surface area contributed by atoms with Crippen molar-refractivity contribution in [3.63, 3.8) is 0 Å². The zero-order valence-electron chi connectivity index (χ0n) is 27.3. The van der Waals surface area contributed by atoms with Crippen LogP contribution >= 0.6 is 23.2 Å². The van der Waals surface area contributed by atoms with Gasteiger partial charge in [0.05, 0.1) is 82.9 Å². The van der Waals surface area contributed by atoms with Crippen LogP contribution in [0.4, 0.5) is 0 Å². The molecule has 1 saturated carbocycles. The Kier molecular flexibility index (Phi) is 34.9. The molecule has 1 fully saturated rings. The number of hydrogen-bond acceptors (Lipinski definition) is 11. The second kappa shape index (κ2) is 33.7. The summed E-state index contributed by atoms with van der Waals surface area (Å²) >= 11 is 9.53. The second-order valence-corrected chi connectivity index (χ2v) is 12.1. The van der Waals surface area contributed by atoms with Crippen molar-refractivity contribution in [1.29, 1.82) is 0 Å². The van der Waals surface area contributed by atoms with Crippen LogP contribution in [0.1, 0.15) is 38.2 Å². The Morgan fingerprint density at radius 2 is 1.20 bits per heavy atom. The van der Waals surface area contributed by atoms with Gasteiger partial charge in [-0.3, -0.25) is 4.18 Å². The molecular weight excluding hydrogens is 637 g/mol. The summed E-state index contributed by atoms with van der Waals surface area (Å²) in [6.45, 7) is 10.2. The number of hydrogen-bond donors (Lipinski definition) is 2. The summed E-state index contributed by atoms with van der Waals surface area (Å²) in [6.07, 6.45) is 5.42. The van der Waals surface area contributed by atoms with E-state index in [0.29, 0.717) is 46.2 Å². The van der Waals surface area contributed by atoms with E-state index in [4.69, 9.17) is 56.2 Å². The normalized spacial score (nSPS) is 16.1. The lowest BCUT2D eigenvalue weighted by molar-refractivity contribution is 0.0500. The molecule has 262 valence electrons. The quantitative estimate of drug-likeness (QED) is 0.116. The van der Waals surface area contributed by atoms with Crippen LogP contribution in [-0.4, -0.2) is 125 Å². The molecule has 2 rings (SSSR count). The average molecular weight is 695 g/mol. The SMILES string of the molecule is COCCOCCNC1CCC(C)CC1.COCCOCCO.COCCOCCOS(=O)(=O)c1ccc(C)cc1.ClCCl. The minimum atomic E-state index is -3.68. The summed E-state index contributed by atoms with van der Waals surface area (Å²) in [5.74, 6) is 0.931. The number of nitrogens with one attached hydrogen (secondary N) is 1. The van der Waals surface area contributed by atoms with Crippen LogP contribution in [0, 0.1) is 12.8 Å². The summed E-state index contributed by atoms with van der Waals surface area (Å²) in [4.78, 5) is 0.157. The van der Waals surface area contributed by atoms with Crippen molar-refractivity contribution in [2.45, 2.75) is 50.5 Å². The minimum absolute atomic E-state index is 0.0000753. The zero-order chi connectivity index (χ0) is 33.3. The number of rotatable bonds is 20. The fourth-order valence-corrected chi connectivity index (χ4v) is 4.47. The first-order valence-electron chi connectivity index (χ1n) is 14.8. The molecule has 0 unspecified atom stereocenters. The molecule has 44 heavy (non-hydrogen) atoms. The van der Waals surface area contributed by atoms with Crippen molar-refractivity contribution < 1.29 is 46.1 Å². The van der Waals surface area contributed by atoms with Gasteiger partial charge >= 0.3 is 0 Å². The van der Waals surface area contributed by atoms with Crippen molar-refractivity contribution in [2.75, 3.05) is 106 Å². The molecule has 1 aliphatic rings. The molecular formula is C30H57Cl2NO10S.